The molecular weight excluding hydrogens is 216 g/mol. The van der Waals surface area contributed by atoms with E-state index in [1.807, 2.05) is 32.0 Å². The van der Waals surface area contributed by atoms with Gasteiger partial charge in [0.25, 0.3) is 0 Å². The van der Waals surface area contributed by atoms with Crippen molar-refractivity contribution in [3.63, 3.8) is 0 Å². The number of fused-ring (bicyclic) bond motifs is 1. The molecule has 0 atom stereocenters. The van der Waals surface area contributed by atoms with Gasteiger partial charge in [-0.05, 0) is 38.1 Å². The van der Waals surface area contributed by atoms with E-state index in [1.165, 1.54) is 0 Å². The lowest BCUT2D eigenvalue weighted by Gasteiger charge is -2.11. The van der Waals surface area contributed by atoms with Crippen molar-refractivity contribution >= 4 is 16.7 Å². The van der Waals surface area contributed by atoms with E-state index in [2.05, 4.69) is 4.98 Å². The normalized spacial score (nSPS) is 10.5. The zero-order valence-corrected chi connectivity index (χ0v) is 10.1. The molecule has 0 aliphatic heterocycles. The molecule has 2 N–H and O–H groups in total. The molecular formula is C13H16N2O2. The standard InChI is InChI=1S/C13H16N2O2/c1-3-16-10-6-7-11(17-4-2)13-9(10)5-8-12(14)15-13/h5-8H,3-4H2,1-2H3,(H2,14,15). The zero-order chi connectivity index (χ0) is 12.3. The predicted octanol–water partition coefficient (Wildman–Crippen LogP) is 2.61. The largest absolute Gasteiger partial charge is 0.493 e. The lowest BCUT2D eigenvalue weighted by molar-refractivity contribution is 0.336. The Labute approximate surface area is 100 Å². The SMILES string of the molecule is CCOc1ccc(OCC)c2nc(N)ccc12. The molecule has 4 heteroatoms. The maximum Gasteiger partial charge on any atom is 0.145 e. The zero-order valence-electron chi connectivity index (χ0n) is 10.1. The van der Waals surface area contributed by atoms with E-state index in [1.54, 1.807) is 6.07 Å². The Kier molecular flexibility index (Phi) is 3.32. The molecule has 0 unspecified atom stereocenters. The second-order valence-electron chi connectivity index (χ2n) is 3.56. The van der Waals surface area contributed by atoms with Gasteiger partial charge in [0.15, 0.2) is 0 Å². The van der Waals surface area contributed by atoms with Crippen LogP contribution in [0.15, 0.2) is 24.3 Å². The van der Waals surface area contributed by atoms with Crippen LogP contribution >= 0.6 is 0 Å². The summed E-state index contributed by atoms with van der Waals surface area (Å²) < 4.78 is 11.1. The minimum Gasteiger partial charge on any atom is -0.493 e. The van der Waals surface area contributed by atoms with Crippen LogP contribution < -0.4 is 15.2 Å². The monoisotopic (exact) mass is 232 g/mol. The lowest BCUT2D eigenvalue weighted by Crippen LogP contribution is -1.99. The van der Waals surface area contributed by atoms with Crippen LogP contribution in [-0.4, -0.2) is 18.2 Å². The Morgan fingerprint density at radius 3 is 2.35 bits per heavy atom. The highest BCUT2D eigenvalue weighted by Gasteiger charge is 2.09. The first-order chi connectivity index (χ1) is 8.26. The minimum absolute atomic E-state index is 0.479. The van der Waals surface area contributed by atoms with Crippen molar-refractivity contribution in [2.24, 2.45) is 0 Å². The van der Waals surface area contributed by atoms with Crippen LogP contribution in [0.5, 0.6) is 11.5 Å². The van der Waals surface area contributed by atoms with Gasteiger partial charge in [0.1, 0.15) is 22.8 Å². The van der Waals surface area contributed by atoms with Crippen molar-refractivity contribution in [3.8, 4) is 11.5 Å². The van der Waals surface area contributed by atoms with E-state index in [0.717, 1.165) is 22.4 Å². The van der Waals surface area contributed by atoms with Gasteiger partial charge in [-0.2, -0.15) is 0 Å². The average molecular weight is 232 g/mol. The van der Waals surface area contributed by atoms with Crippen molar-refractivity contribution in [2.45, 2.75) is 13.8 Å². The number of nitrogens with two attached hydrogens (primary N) is 1. The molecule has 2 rings (SSSR count). The third-order valence-electron chi connectivity index (χ3n) is 2.40. The first kappa shape index (κ1) is 11.5. The number of nitrogens with zero attached hydrogens (tertiary/aromatic N) is 1. The third-order valence-corrected chi connectivity index (χ3v) is 2.40. The molecule has 0 aliphatic carbocycles. The summed E-state index contributed by atoms with van der Waals surface area (Å²) in [6.07, 6.45) is 0. The summed E-state index contributed by atoms with van der Waals surface area (Å²) in [7, 11) is 0. The first-order valence-corrected chi connectivity index (χ1v) is 5.71. The van der Waals surface area contributed by atoms with E-state index in [0.29, 0.717) is 19.0 Å². The van der Waals surface area contributed by atoms with Crippen LogP contribution in [-0.2, 0) is 0 Å². The molecule has 90 valence electrons. The van der Waals surface area contributed by atoms with Crippen molar-refractivity contribution in [1.29, 1.82) is 0 Å². The Hall–Kier alpha value is -1.97. The average Bonchev–Trinajstić information content (AvgIpc) is 2.32. The summed E-state index contributed by atoms with van der Waals surface area (Å²) in [5.41, 5.74) is 6.45. The molecule has 0 bridgehead atoms. The summed E-state index contributed by atoms with van der Waals surface area (Å²) in [5, 5.41) is 0.923. The number of rotatable bonds is 4. The van der Waals surface area contributed by atoms with Crippen LogP contribution in [0.2, 0.25) is 0 Å². The topological polar surface area (TPSA) is 57.4 Å². The maximum absolute atomic E-state index is 5.71. The molecule has 4 nitrogen and oxygen atoms in total. The van der Waals surface area contributed by atoms with Gasteiger partial charge in [0.05, 0.1) is 13.2 Å². The molecule has 1 aromatic heterocycles. The molecule has 1 heterocycles. The van der Waals surface area contributed by atoms with Crippen molar-refractivity contribution < 1.29 is 9.47 Å². The molecule has 0 fully saturated rings. The highest BCUT2D eigenvalue weighted by atomic mass is 16.5. The van der Waals surface area contributed by atoms with Gasteiger partial charge < -0.3 is 15.2 Å². The molecule has 0 saturated carbocycles. The Morgan fingerprint density at radius 2 is 1.65 bits per heavy atom. The maximum atomic E-state index is 5.71. The number of ether oxygens (including phenoxy) is 2. The van der Waals surface area contributed by atoms with Gasteiger partial charge in [-0.1, -0.05) is 0 Å². The molecule has 0 saturated heterocycles. The number of hydrogen-bond donors (Lipinski definition) is 1. The fourth-order valence-corrected chi connectivity index (χ4v) is 1.73. The second kappa shape index (κ2) is 4.91. The fraction of sp³-hybridized carbons (Fsp3) is 0.308. The number of benzene rings is 1. The summed E-state index contributed by atoms with van der Waals surface area (Å²) >= 11 is 0. The molecule has 0 spiro atoms. The number of aromatic nitrogens is 1. The van der Waals surface area contributed by atoms with Crippen LogP contribution in [0.4, 0.5) is 5.82 Å². The van der Waals surface area contributed by atoms with E-state index in [9.17, 15) is 0 Å². The first-order valence-electron chi connectivity index (χ1n) is 5.71. The van der Waals surface area contributed by atoms with E-state index in [-0.39, 0.29) is 0 Å². The molecule has 2 aromatic rings. The highest BCUT2D eigenvalue weighted by molar-refractivity contribution is 5.91. The number of anilines is 1. The molecule has 0 radical (unpaired) electrons. The summed E-state index contributed by atoms with van der Waals surface area (Å²) in [6.45, 7) is 5.11. The lowest BCUT2D eigenvalue weighted by atomic mass is 10.2. The summed E-state index contributed by atoms with van der Waals surface area (Å²) in [6, 6.07) is 7.43. The van der Waals surface area contributed by atoms with Gasteiger partial charge in [0.2, 0.25) is 0 Å². The van der Waals surface area contributed by atoms with Gasteiger partial charge in [-0.15, -0.1) is 0 Å². The van der Waals surface area contributed by atoms with E-state index in [4.69, 9.17) is 15.2 Å². The van der Waals surface area contributed by atoms with Gasteiger partial charge in [-0.3, -0.25) is 0 Å². The second-order valence-corrected chi connectivity index (χ2v) is 3.56. The quantitative estimate of drug-likeness (QED) is 0.880. The Balaban J connectivity index is 2.62. The van der Waals surface area contributed by atoms with Crippen LogP contribution in [0.1, 0.15) is 13.8 Å². The highest BCUT2D eigenvalue weighted by Crippen LogP contribution is 2.32. The molecule has 17 heavy (non-hydrogen) atoms. The van der Waals surface area contributed by atoms with Crippen molar-refractivity contribution in [2.75, 3.05) is 18.9 Å². The van der Waals surface area contributed by atoms with Crippen molar-refractivity contribution in [3.05, 3.63) is 24.3 Å². The third kappa shape index (κ3) is 2.25. The predicted molar refractivity (Wildman–Crippen MR) is 68.5 cm³/mol. The Morgan fingerprint density at radius 1 is 1.00 bits per heavy atom. The number of nitrogen functional groups attached to an aromatic ring is 1. The molecule has 0 amide bonds. The minimum atomic E-state index is 0.479. The van der Waals surface area contributed by atoms with Crippen molar-refractivity contribution in [1.82, 2.24) is 4.98 Å². The van der Waals surface area contributed by atoms with E-state index >= 15 is 0 Å². The fourth-order valence-electron chi connectivity index (χ4n) is 1.73. The van der Waals surface area contributed by atoms with Gasteiger partial charge in [0, 0.05) is 5.39 Å². The van der Waals surface area contributed by atoms with E-state index < -0.39 is 0 Å². The van der Waals surface area contributed by atoms with Crippen LogP contribution in [0.25, 0.3) is 10.9 Å². The molecule has 0 aliphatic rings. The smallest absolute Gasteiger partial charge is 0.145 e. The molecule has 1 aromatic carbocycles. The summed E-state index contributed by atoms with van der Waals surface area (Å²) in [5.74, 6) is 2.02. The van der Waals surface area contributed by atoms with Crippen LogP contribution in [0, 0.1) is 0 Å². The number of hydrogen-bond acceptors (Lipinski definition) is 4. The van der Waals surface area contributed by atoms with Gasteiger partial charge >= 0.3 is 0 Å². The number of pyridine rings is 1. The summed E-state index contributed by atoms with van der Waals surface area (Å²) in [4.78, 5) is 4.31. The van der Waals surface area contributed by atoms with Crippen LogP contribution in [0.3, 0.4) is 0 Å². The Bertz CT molecular complexity index is 526. The van der Waals surface area contributed by atoms with Gasteiger partial charge in [-0.25, -0.2) is 4.98 Å².